The average Bonchev–Trinajstić information content (AvgIpc) is 2.61. The Kier molecular flexibility index (Phi) is 6.18. The number of carboxylic acids is 1. The van der Waals surface area contributed by atoms with Crippen molar-refractivity contribution in [3.63, 3.8) is 0 Å². The van der Waals surface area contributed by atoms with Crippen LogP contribution in [0.5, 0.6) is 0 Å². The van der Waals surface area contributed by atoms with Crippen LogP contribution < -0.4 is 5.32 Å². The molecule has 0 aromatic heterocycles. The molecule has 1 aromatic rings. The number of hydrogen-bond donors (Lipinski definition) is 2. The molecule has 0 radical (unpaired) electrons. The van der Waals surface area contributed by atoms with Gasteiger partial charge in [0.05, 0.1) is 22.5 Å². The van der Waals surface area contributed by atoms with Gasteiger partial charge in [-0.1, -0.05) is 19.1 Å². The van der Waals surface area contributed by atoms with Crippen molar-refractivity contribution in [3.8, 4) is 0 Å². The minimum absolute atomic E-state index is 0.000721. The molecule has 0 bridgehead atoms. The molecule has 0 spiro atoms. The van der Waals surface area contributed by atoms with E-state index >= 15 is 0 Å². The molecule has 0 saturated carbocycles. The predicted molar refractivity (Wildman–Crippen MR) is 91.0 cm³/mol. The molecule has 1 fully saturated rings. The summed E-state index contributed by atoms with van der Waals surface area (Å²) in [5.41, 5.74) is -0.426. The maximum Gasteiger partial charge on any atom is 0.311 e. The van der Waals surface area contributed by atoms with Gasteiger partial charge in [-0.25, -0.2) is 8.42 Å². The summed E-state index contributed by atoms with van der Waals surface area (Å²) >= 11 is 0. The van der Waals surface area contributed by atoms with Crippen molar-refractivity contribution in [3.05, 3.63) is 29.8 Å². The number of benzene rings is 1. The number of sulfone groups is 1. The lowest BCUT2D eigenvalue weighted by Crippen LogP contribution is -2.46. The molecule has 1 aromatic carbocycles. The Hall–Kier alpha value is -1.93. The number of hydrogen-bond acceptors (Lipinski definition) is 5. The second-order valence-electron chi connectivity index (χ2n) is 6.20. The van der Waals surface area contributed by atoms with Gasteiger partial charge >= 0.3 is 5.97 Å². The number of ether oxygens (including phenoxy) is 1. The minimum atomic E-state index is -3.33. The minimum Gasteiger partial charge on any atom is -0.481 e. The SMILES string of the molecule is CCS(=O)(=O)c1cccc(CC(=O)NCC2(C(=O)O)CCOCC2)c1. The first kappa shape index (κ1) is 19.4. The molecule has 0 aliphatic carbocycles. The van der Waals surface area contributed by atoms with Gasteiger partial charge in [-0.3, -0.25) is 9.59 Å². The monoisotopic (exact) mass is 369 g/mol. The molecule has 2 rings (SSSR count). The van der Waals surface area contributed by atoms with E-state index < -0.39 is 21.2 Å². The molecule has 0 unspecified atom stereocenters. The predicted octanol–water partition coefficient (Wildman–Crippen LogP) is 1.02. The van der Waals surface area contributed by atoms with Crippen LogP contribution in [-0.4, -0.2) is 50.9 Å². The molecule has 0 atom stereocenters. The highest BCUT2D eigenvalue weighted by Gasteiger charge is 2.40. The number of aliphatic carboxylic acids is 1. The van der Waals surface area contributed by atoms with Crippen molar-refractivity contribution < 1.29 is 27.9 Å². The number of amides is 1. The van der Waals surface area contributed by atoms with Gasteiger partial charge in [0.1, 0.15) is 0 Å². The Morgan fingerprint density at radius 3 is 2.56 bits per heavy atom. The topological polar surface area (TPSA) is 110 Å². The summed E-state index contributed by atoms with van der Waals surface area (Å²) in [5, 5.41) is 12.1. The van der Waals surface area contributed by atoms with Gasteiger partial charge in [-0.15, -0.1) is 0 Å². The Bertz CT molecular complexity index is 737. The first-order chi connectivity index (χ1) is 11.8. The van der Waals surface area contributed by atoms with Crippen LogP contribution >= 0.6 is 0 Å². The number of rotatable bonds is 7. The molecular formula is C17H23NO6S. The highest BCUT2D eigenvalue weighted by atomic mass is 32.2. The third-order valence-corrected chi connectivity index (χ3v) is 6.26. The molecule has 8 heteroatoms. The van der Waals surface area contributed by atoms with Crippen LogP contribution in [0.2, 0.25) is 0 Å². The second-order valence-corrected chi connectivity index (χ2v) is 8.48. The zero-order valence-corrected chi connectivity index (χ0v) is 15.0. The van der Waals surface area contributed by atoms with Crippen molar-refractivity contribution in [1.29, 1.82) is 0 Å². The average molecular weight is 369 g/mol. The lowest BCUT2D eigenvalue weighted by molar-refractivity contribution is -0.154. The maximum atomic E-state index is 12.2. The van der Waals surface area contributed by atoms with Crippen LogP contribution in [0, 0.1) is 5.41 Å². The summed E-state index contributed by atoms with van der Waals surface area (Å²) < 4.78 is 29.0. The van der Waals surface area contributed by atoms with Crippen LogP contribution in [0.3, 0.4) is 0 Å². The van der Waals surface area contributed by atoms with Gasteiger partial charge in [0.25, 0.3) is 0 Å². The summed E-state index contributed by atoms with van der Waals surface area (Å²) in [6, 6.07) is 6.26. The molecular weight excluding hydrogens is 346 g/mol. The summed E-state index contributed by atoms with van der Waals surface area (Å²) in [6.07, 6.45) is 0.707. The number of carbonyl (C=O) groups is 2. The van der Waals surface area contributed by atoms with Crippen LogP contribution in [-0.2, 0) is 30.6 Å². The van der Waals surface area contributed by atoms with Gasteiger partial charge in [0.15, 0.2) is 9.84 Å². The van der Waals surface area contributed by atoms with E-state index in [0.717, 1.165) is 0 Å². The summed E-state index contributed by atoms with van der Waals surface area (Å²) in [4.78, 5) is 23.9. The molecule has 1 heterocycles. The Labute approximate surface area is 147 Å². The highest BCUT2D eigenvalue weighted by molar-refractivity contribution is 7.91. The van der Waals surface area contributed by atoms with Crippen LogP contribution in [0.15, 0.2) is 29.2 Å². The van der Waals surface area contributed by atoms with Gasteiger partial charge in [-0.05, 0) is 30.5 Å². The molecule has 1 aliphatic heterocycles. The lowest BCUT2D eigenvalue weighted by Gasteiger charge is -2.33. The third kappa shape index (κ3) is 4.79. The number of carbonyl (C=O) groups excluding carboxylic acids is 1. The van der Waals surface area contributed by atoms with Crippen molar-refractivity contribution >= 4 is 21.7 Å². The summed E-state index contributed by atoms with van der Waals surface area (Å²) in [5.74, 6) is -1.28. The van der Waals surface area contributed by atoms with E-state index in [1.54, 1.807) is 19.1 Å². The molecule has 1 aliphatic rings. The Morgan fingerprint density at radius 1 is 1.28 bits per heavy atom. The van der Waals surface area contributed by atoms with E-state index in [-0.39, 0.29) is 29.5 Å². The standard InChI is InChI=1S/C17H23NO6S/c1-2-25(22,23)14-5-3-4-13(10-14)11-15(19)18-12-17(16(20)21)6-8-24-9-7-17/h3-5,10H,2,6-9,11-12H2,1H3,(H,18,19)(H,20,21). The zero-order valence-electron chi connectivity index (χ0n) is 14.2. The molecule has 138 valence electrons. The van der Waals surface area contributed by atoms with Gasteiger partial charge in [-0.2, -0.15) is 0 Å². The van der Waals surface area contributed by atoms with E-state index in [4.69, 9.17) is 4.74 Å². The largest absolute Gasteiger partial charge is 0.481 e. The van der Waals surface area contributed by atoms with E-state index in [0.29, 0.717) is 31.6 Å². The molecule has 25 heavy (non-hydrogen) atoms. The van der Waals surface area contributed by atoms with E-state index in [1.165, 1.54) is 12.1 Å². The van der Waals surface area contributed by atoms with Gasteiger partial charge in [0, 0.05) is 19.8 Å². The van der Waals surface area contributed by atoms with Crippen molar-refractivity contribution in [1.82, 2.24) is 5.32 Å². The van der Waals surface area contributed by atoms with Gasteiger partial charge in [0.2, 0.25) is 5.91 Å². The molecule has 1 saturated heterocycles. The fourth-order valence-electron chi connectivity index (χ4n) is 2.76. The Morgan fingerprint density at radius 2 is 1.96 bits per heavy atom. The van der Waals surface area contributed by atoms with Crippen molar-refractivity contribution in [2.75, 3.05) is 25.5 Å². The fraction of sp³-hybridized carbons (Fsp3) is 0.529. The van der Waals surface area contributed by atoms with Crippen molar-refractivity contribution in [2.45, 2.75) is 31.1 Å². The summed E-state index contributed by atoms with van der Waals surface area (Å²) in [6.45, 7) is 2.32. The number of nitrogens with one attached hydrogen (secondary N) is 1. The van der Waals surface area contributed by atoms with E-state index in [1.807, 2.05) is 0 Å². The molecule has 7 nitrogen and oxygen atoms in total. The first-order valence-corrected chi connectivity index (χ1v) is 9.84. The first-order valence-electron chi connectivity index (χ1n) is 8.19. The van der Waals surface area contributed by atoms with Crippen LogP contribution in [0.4, 0.5) is 0 Å². The normalized spacial score (nSPS) is 17.0. The fourth-order valence-corrected chi connectivity index (χ4v) is 3.71. The van der Waals surface area contributed by atoms with Gasteiger partial charge < -0.3 is 15.2 Å². The lowest BCUT2D eigenvalue weighted by atomic mass is 9.80. The maximum absolute atomic E-state index is 12.2. The third-order valence-electron chi connectivity index (χ3n) is 4.53. The van der Waals surface area contributed by atoms with E-state index in [2.05, 4.69) is 5.32 Å². The number of carboxylic acid groups (broad SMARTS) is 1. The second kappa shape index (κ2) is 7.97. The van der Waals surface area contributed by atoms with Crippen molar-refractivity contribution in [2.24, 2.45) is 5.41 Å². The van der Waals surface area contributed by atoms with Crippen LogP contribution in [0.1, 0.15) is 25.3 Å². The van der Waals surface area contributed by atoms with E-state index in [9.17, 15) is 23.1 Å². The Balaban J connectivity index is 2.01. The quantitative estimate of drug-likeness (QED) is 0.743. The smallest absolute Gasteiger partial charge is 0.311 e. The zero-order chi connectivity index (χ0) is 18.5. The van der Waals surface area contributed by atoms with Crippen LogP contribution in [0.25, 0.3) is 0 Å². The molecule has 2 N–H and O–H groups in total. The summed E-state index contributed by atoms with van der Waals surface area (Å²) in [7, 11) is -3.33. The highest BCUT2D eigenvalue weighted by Crippen LogP contribution is 2.30. The molecule has 1 amide bonds.